The van der Waals surface area contributed by atoms with Gasteiger partial charge < -0.3 is 18.9 Å². The van der Waals surface area contributed by atoms with Crippen molar-refractivity contribution in [2.24, 2.45) is 0 Å². The summed E-state index contributed by atoms with van der Waals surface area (Å²) in [6.07, 6.45) is 0. The van der Waals surface area contributed by atoms with Crippen LogP contribution in [-0.2, 0) is 14.2 Å². The Kier molecular flexibility index (Phi) is 5.93. The first-order chi connectivity index (χ1) is 16.4. The minimum atomic E-state index is -0.977. The molecule has 0 spiro atoms. The monoisotopic (exact) mass is 465 g/mol. The number of hydrogen-bond donors (Lipinski definition) is 0. The smallest absolute Gasteiger partial charge is 0.355 e. The lowest BCUT2D eigenvalue weighted by Crippen LogP contribution is -2.16. The first-order valence-corrected chi connectivity index (χ1v) is 10.1. The zero-order valence-corrected chi connectivity index (χ0v) is 18.8. The zero-order chi connectivity index (χ0) is 24.6. The first-order valence-electron chi connectivity index (χ1n) is 10.1. The van der Waals surface area contributed by atoms with Crippen molar-refractivity contribution in [1.82, 2.24) is 4.40 Å². The second-order valence-electron chi connectivity index (χ2n) is 7.19. The molecule has 0 bridgehead atoms. The molecule has 4 aromatic rings. The van der Waals surface area contributed by atoms with Gasteiger partial charge in [0.1, 0.15) is 22.6 Å². The third-order valence-corrected chi connectivity index (χ3v) is 5.54. The SMILES string of the molecule is COC(=O)c1c(C(=O)OC)c2c3ccccc3c(F)c(-c3ccc(OC)cc3)n2c1C(=O)OC. The topological polar surface area (TPSA) is 92.5 Å². The Labute approximate surface area is 193 Å². The van der Waals surface area contributed by atoms with Crippen LogP contribution in [0.15, 0.2) is 48.5 Å². The Morgan fingerprint density at radius 1 is 0.735 bits per heavy atom. The molecular formula is C25H20FNO7. The van der Waals surface area contributed by atoms with E-state index < -0.39 is 23.7 Å². The number of carbonyl (C=O) groups is 3. The van der Waals surface area contributed by atoms with Crippen LogP contribution >= 0.6 is 0 Å². The van der Waals surface area contributed by atoms with Gasteiger partial charge in [0.25, 0.3) is 0 Å². The average molecular weight is 465 g/mol. The van der Waals surface area contributed by atoms with Crippen LogP contribution in [0.3, 0.4) is 0 Å². The lowest BCUT2D eigenvalue weighted by molar-refractivity contribution is 0.0536. The number of benzene rings is 2. The highest BCUT2D eigenvalue weighted by atomic mass is 19.1. The molecule has 0 unspecified atom stereocenters. The van der Waals surface area contributed by atoms with Gasteiger partial charge in [-0.1, -0.05) is 24.3 Å². The maximum absolute atomic E-state index is 16.1. The zero-order valence-electron chi connectivity index (χ0n) is 18.8. The molecule has 0 aliphatic rings. The van der Waals surface area contributed by atoms with E-state index in [1.165, 1.54) is 11.5 Å². The van der Waals surface area contributed by atoms with Gasteiger partial charge in [-0.05, 0) is 24.3 Å². The maximum Gasteiger partial charge on any atom is 0.355 e. The Bertz CT molecular complexity index is 1450. The lowest BCUT2D eigenvalue weighted by atomic mass is 10.0. The van der Waals surface area contributed by atoms with Crippen LogP contribution in [0.1, 0.15) is 31.2 Å². The summed E-state index contributed by atoms with van der Waals surface area (Å²) in [4.78, 5) is 38.8. The largest absolute Gasteiger partial charge is 0.497 e. The van der Waals surface area contributed by atoms with E-state index in [0.29, 0.717) is 11.3 Å². The minimum Gasteiger partial charge on any atom is -0.497 e. The van der Waals surface area contributed by atoms with E-state index in [2.05, 4.69) is 0 Å². The average Bonchev–Trinajstić information content (AvgIpc) is 3.23. The predicted octanol–water partition coefficient (Wildman–Crippen LogP) is 4.27. The van der Waals surface area contributed by atoms with Crippen LogP contribution in [0.2, 0.25) is 0 Å². The van der Waals surface area contributed by atoms with Crippen molar-refractivity contribution in [2.75, 3.05) is 28.4 Å². The highest BCUT2D eigenvalue weighted by Gasteiger charge is 2.36. The molecule has 0 atom stereocenters. The summed E-state index contributed by atoms with van der Waals surface area (Å²) in [5.74, 6) is -2.97. The van der Waals surface area contributed by atoms with Gasteiger partial charge in [-0.15, -0.1) is 0 Å². The number of aromatic nitrogens is 1. The second-order valence-corrected chi connectivity index (χ2v) is 7.19. The number of ether oxygens (including phenoxy) is 4. The number of pyridine rings is 1. The number of carbonyl (C=O) groups excluding carboxylic acids is 3. The number of hydrogen-bond acceptors (Lipinski definition) is 7. The number of methoxy groups -OCH3 is 4. The normalized spacial score (nSPS) is 10.9. The molecule has 34 heavy (non-hydrogen) atoms. The predicted molar refractivity (Wildman–Crippen MR) is 121 cm³/mol. The van der Waals surface area contributed by atoms with Crippen molar-refractivity contribution in [3.05, 3.63) is 71.2 Å². The van der Waals surface area contributed by atoms with Crippen LogP contribution in [0.5, 0.6) is 5.75 Å². The van der Waals surface area contributed by atoms with Gasteiger partial charge in [-0.25, -0.2) is 18.8 Å². The van der Waals surface area contributed by atoms with Crippen molar-refractivity contribution in [3.8, 4) is 17.0 Å². The fraction of sp³-hybridized carbons (Fsp3) is 0.160. The Morgan fingerprint density at radius 3 is 1.85 bits per heavy atom. The summed E-state index contributed by atoms with van der Waals surface area (Å²) in [5, 5.41) is 0.467. The molecule has 0 aliphatic heterocycles. The van der Waals surface area contributed by atoms with E-state index in [-0.39, 0.29) is 38.8 Å². The third-order valence-electron chi connectivity index (χ3n) is 5.54. The van der Waals surface area contributed by atoms with Gasteiger partial charge >= 0.3 is 17.9 Å². The highest BCUT2D eigenvalue weighted by molar-refractivity contribution is 6.19. The van der Waals surface area contributed by atoms with E-state index in [0.717, 1.165) is 21.3 Å². The van der Waals surface area contributed by atoms with Crippen molar-refractivity contribution in [2.45, 2.75) is 0 Å². The molecule has 0 radical (unpaired) electrons. The van der Waals surface area contributed by atoms with E-state index in [4.69, 9.17) is 18.9 Å². The van der Waals surface area contributed by atoms with Crippen LogP contribution in [0.4, 0.5) is 4.39 Å². The molecule has 0 saturated heterocycles. The van der Waals surface area contributed by atoms with Gasteiger partial charge in [0.05, 0.1) is 39.6 Å². The lowest BCUT2D eigenvalue weighted by Gasteiger charge is -2.15. The van der Waals surface area contributed by atoms with Gasteiger partial charge in [0, 0.05) is 16.3 Å². The molecule has 2 aromatic carbocycles. The van der Waals surface area contributed by atoms with E-state index >= 15 is 4.39 Å². The number of nitrogens with zero attached hydrogens (tertiary/aromatic N) is 1. The van der Waals surface area contributed by atoms with Crippen molar-refractivity contribution >= 4 is 34.2 Å². The maximum atomic E-state index is 16.1. The number of esters is 3. The second kappa shape index (κ2) is 8.86. The van der Waals surface area contributed by atoms with Gasteiger partial charge in [0.15, 0.2) is 5.82 Å². The highest BCUT2D eigenvalue weighted by Crippen LogP contribution is 2.39. The summed E-state index contributed by atoms with van der Waals surface area (Å²) in [7, 11) is 4.86. The molecule has 2 aromatic heterocycles. The number of halogens is 1. The summed E-state index contributed by atoms with van der Waals surface area (Å²) < 4.78 is 37.2. The molecule has 8 nitrogen and oxygen atoms in total. The van der Waals surface area contributed by atoms with Gasteiger partial charge in [-0.3, -0.25) is 4.40 Å². The van der Waals surface area contributed by atoms with E-state index in [9.17, 15) is 14.4 Å². The molecule has 0 fully saturated rings. The number of fused-ring (bicyclic) bond motifs is 3. The molecule has 2 heterocycles. The molecular weight excluding hydrogens is 445 g/mol. The van der Waals surface area contributed by atoms with Crippen molar-refractivity contribution < 1.29 is 37.7 Å². The summed E-state index contributed by atoms with van der Waals surface area (Å²) in [5.41, 5.74) is -0.567. The Morgan fingerprint density at radius 2 is 1.29 bits per heavy atom. The quantitative estimate of drug-likeness (QED) is 0.321. The summed E-state index contributed by atoms with van der Waals surface area (Å²) >= 11 is 0. The third kappa shape index (κ3) is 3.33. The van der Waals surface area contributed by atoms with Crippen molar-refractivity contribution in [3.63, 3.8) is 0 Å². The summed E-state index contributed by atoms with van der Waals surface area (Å²) in [6, 6.07) is 12.9. The molecule has 9 heteroatoms. The van der Waals surface area contributed by atoms with Crippen LogP contribution in [0.25, 0.3) is 27.5 Å². The Hall–Kier alpha value is -4.40. The van der Waals surface area contributed by atoms with Crippen LogP contribution < -0.4 is 4.74 Å². The molecule has 0 N–H and O–H groups in total. The van der Waals surface area contributed by atoms with Gasteiger partial charge in [0.2, 0.25) is 0 Å². The van der Waals surface area contributed by atoms with Crippen LogP contribution in [0, 0.1) is 5.82 Å². The molecule has 4 rings (SSSR count). The van der Waals surface area contributed by atoms with Gasteiger partial charge in [-0.2, -0.15) is 0 Å². The Balaban J connectivity index is 2.35. The van der Waals surface area contributed by atoms with Crippen molar-refractivity contribution in [1.29, 1.82) is 0 Å². The van der Waals surface area contributed by atoms with E-state index in [1.807, 2.05) is 0 Å². The summed E-state index contributed by atoms with van der Waals surface area (Å²) in [6.45, 7) is 0. The molecule has 0 aliphatic carbocycles. The standard InChI is InChI=1S/C25H20FNO7/c1-31-14-11-9-13(10-12-14)20-19(26)15-7-5-6-8-16(15)21-17(23(28)32-2)18(24(29)33-3)22(27(20)21)25(30)34-4/h5-12H,1-4H3. The van der Waals surface area contributed by atoms with E-state index in [1.54, 1.807) is 48.5 Å². The number of rotatable bonds is 5. The molecule has 174 valence electrons. The fourth-order valence-corrected chi connectivity index (χ4v) is 4.05. The fourth-order valence-electron chi connectivity index (χ4n) is 4.05. The minimum absolute atomic E-state index is 0.0583. The molecule has 0 saturated carbocycles. The first kappa shape index (κ1) is 22.8. The van der Waals surface area contributed by atoms with Crippen LogP contribution in [-0.4, -0.2) is 50.7 Å². The molecule has 0 amide bonds.